The summed E-state index contributed by atoms with van der Waals surface area (Å²) in [6.45, 7) is 5.55. The van der Waals surface area contributed by atoms with Crippen molar-refractivity contribution in [1.82, 2.24) is 4.57 Å². The van der Waals surface area contributed by atoms with Crippen molar-refractivity contribution in [3.05, 3.63) is 71.4 Å². The fourth-order valence-corrected chi connectivity index (χ4v) is 3.38. The summed E-state index contributed by atoms with van der Waals surface area (Å²) < 4.78 is 7.81. The van der Waals surface area contributed by atoms with Gasteiger partial charge in [0.1, 0.15) is 6.10 Å². The normalized spacial score (nSPS) is 13.1. The number of carbonyl (C=O) groups excluding carboxylic acids is 1. The predicted octanol–water partition coefficient (Wildman–Crippen LogP) is 3.38. The van der Waals surface area contributed by atoms with E-state index in [4.69, 9.17) is 4.74 Å². The van der Waals surface area contributed by atoms with Gasteiger partial charge in [-0.2, -0.15) is 0 Å². The Morgan fingerprint density at radius 1 is 1.08 bits per heavy atom. The molecular weight excluding hydrogens is 326 g/mol. The molecule has 0 fully saturated rings. The number of nitrogens with zero attached hydrogens (tertiary/aromatic N) is 1. The molecule has 3 rings (SSSR count). The smallest absolute Gasteiger partial charge is 0.138 e. The zero-order chi connectivity index (χ0) is 18.9. The second-order valence-electron chi connectivity index (χ2n) is 7.53. The van der Waals surface area contributed by atoms with Gasteiger partial charge in [0.05, 0.1) is 17.3 Å². The second-order valence-corrected chi connectivity index (χ2v) is 7.53. The van der Waals surface area contributed by atoms with Crippen molar-refractivity contribution in [3.8, 4) is 0 Å². The molecule has 4 nitrogen and oxygen atoms in total. The number of fused-ring (bicyclic) bond motifs is 1. The molecule has 2 aromatic carbocycles. The maximum Gasteiger partial charge on any atom is 0.138 e. The molecule has 4 heteroatoms. The summed E-state index contributed by atoms with van der Waals surface area (Å²) >= 11 is 0. The monoisotopic (exact) mass is 350 g/mol. The van der Waals surface area contributed by atoms with Crippen molar-refractivity contribution in [2.45, 2.75) is 38.9 Å². The third kappa shape index (κ3) is 3.65. The quantitative estimate of drug-likeness (QED) is 0.709. The number of hydrogen-bond donors (Lipinski definition) is 0. The molecule has 0 saturated heterocycles. The minimum Gasteiger partial charge on any atom is -0.547 e. The van der Waals surface area contributed by atoms with Crippen LogP contribution < -0.4 is 5.11 Å². The molecule has 1 unspecified atom stereocenters. The van der Waals surface area contributed by atoms with E-state index in [1.165, 1.54) is 0 Å². The molecule has 26 heavy (non-hydrogen) atoms. The van der Waals surface area contributed by atoms with Gasteiger partial charge in [-0.05, 0) is 44.4 Å². The van der Waals surface area contributed by atoms with Crippen LogP contribution in [0.4, 0.5) is 0 Å². The summed E-state index contributed by atoms with van der Waals surface area (Å²) in [5, 5.41) is 13.0. The number of carboxylic acids is 1. The van der Waals surface area contributed by atoms with Crippen LogP contribution in [0.25, 0.3) is 10.9 Å². The molecule has 1 aromatic heterocycles. The lowest BCUT2D eigenvalue weighted by Gasteiger charge is -2.29. The molecule has 0 aliphatic rings. The number of aryl methyl sites for hydroxylation is 1. The maximum atomic E-state index is 12.0. The Kier molecular flexibility index (Phi) is 4.88. The number of carboxylic acid groups (broad SMARTS) is 1. The first-order valence-electron chi connectivity index (χ1n) is 8.76. The molecule has 3 aromatic rings. The first kappa shape index (κ1) is 18.2. The fourth-order valence-electron chi connectivity index (χ4n) is 3.38. The van der Waals surface area contributed by atoms with Gasteiger partial charge < -0.3 is 19.2 Å². The lowest BCUT2D eigenvalue weighted by atomic mass is 9.99. The molecule has 0 aliphatic carbocycles. The summed E-state index contributed by atoms with van der Waals surface area (Å²) in [5.41, 5.74) is 3.11. The van der Waals surface area contributed by atoms with Gasteiger partial charge in [-0.3, -0.25) is 0 Å². The highest BCUT2D eigenvalue weighted by molar-refractivity contribution is 5.88. The average molecular weight is 350 g/mol. The first-order chi connectivity index (χ1) is 12.3. The van der Waals surface area contributed by atoms with Crippen LogP contribution in [0.2, 0.25) is 0 Å². The van der Waals surface area contributed by atoms with E-state index in [-0.39, 0.29) is 0 Å². The lowest BCUT2D eigenvalue weighted by Crippen LogP contribution is -2.37. The van der Waals surface area contributed by atoms with Crippen LogP contribution in [0.3, 0.4) is 0 Å². The number of aliphatic carboxylic acids is 1. The summed E-state index contributed by atoms with van der Waals surface area (Å²) in [7, 11) is 1.88. The molecule has 1 heterocycles. The molecule has 0 bridgehead atoms. The third-order valence-corrected chi connectivity index (χ3v) is 4.42. The van der Waals surface area contributed by atoms with Crippen LogP contribution in [0, 0.1) is 0 Å². The molecule has 0 radical (unpaired) electrons. The Labute approximate surface area is 154 Å². The van der Waals surface area contributed by atoms with Crippen molar-refractivity contribution in [2.75, 3.05) is 0 Å². The minimum atomic E-state index is -1.22. The largest absolute Gasteiger partial charge is 0.547 e. The van der Waals surface area contributed by atoms with E-state index >= 15 is 0 Å². The van der Waals surface area contributed by atoms with Crippen molar-refractivity contribution in [2.24, 2.45) is 7.05 Å². The Balaban J connectivity index is 2.21. The van der Waals surface area contributed by atoms with E-state index in [0.29, 0.717) is 12.1 Å². The van der Waals surface area contributed by atoms with E-state index in [2.05, 4.69) is 0 Å². The van der Waals surface area contributed by atoms with Gasteiger partial charge in [-0.15, -0.1) is 0 Å². The number of hydrogen-bond acceptors (Lipinski definition) is 3. The standard InChI is InChI=1S/C22H25NO3/c1-22(2,3)26-20(21(24)25)19-17(14-15-10-6-5-7-11-15)16-12-8-9-13-18(16)23(19)4/h5-13,20H,14H2,1-4H3,(H,24,25)/p-1. The zero-order valence-corrected chi connectivity index (χ0v) is 15.7. The molecule has 0 aliphatic heterocycles. The van der Waals surface area contributed by atoms with Gasteiger partial charge in [0.25, 0.3) is 0 Å². The lowest BCUT2D eigenvalue weighted by molar-refractivity contribution is -0.321. The second kappa shape index (κ2) is 6.96. The van der Waals surface area contributed by atoms with Gasteiger partial charge in [-0.1, -0.05) is 48.5 Å². The minimum absolute atomic E-state index is 0.606. The highest BCUT2D eigenvalue weighted by Gasteiger charge is 2.28. The van der Waals surface area contributed by atoms with Crippen LogP contribution in [-0.2, 0) is 23.0 Å². The topological polar surface area (TPSA) is 54.3 Å². The summed E-state index contributed by atoms with van der Waals surface area (Å²) in [6, 6.07) is 18.0. The van der Waals surface area contributed by atoms with Gasteiger partial charge in [0.15, 0.2) is 0 Å². The van der Waals surface area contributed by atoms with E-state index in [1.807, 2.05) is 87.0 Å². The zero-order valence-electron chi connectivity index (χ0n) is 15.7. The Bertz CT molecular complexity index is 920. The van der Waals surface area contributed by atoms with Gasteiger partial charge in [0, 0.05) is 18.0 Å². The van der Waals surface area contributed by atoms with Crippen molar-refractivity contribution in [1.29, 1.82) is 0 Å². The maximum absolute atomic E-state index is 12.0. The number of carbonyl (C=O) groups is 1. The van der Waals surface area contributed by atoms with E-state index in [1.54, 1.807) is 0 Å². The van der Waals surface area contributed by atoms with E-state index in [0.717, 1.165) is 22.0 Å². The van der Waals surface area contributed by atoms with Crippen LogP contribution in [0.15, 0.2) is 54.6 Å². The summed E-state index contributed by atoms with van der Waals surface area (Å²) in [4.78, 5) is 12.0. The Morgan fingerprint density at radius 2 is 1.69 bits per heavy atom. The van der Waals surface area contributed by atoms with Crippen molar-refractivity contribution in [3.63, 3.8) is 0 Å². The molecular formula is C22H24NO3-. The van der Waals surface area contributed by atoms with E-state index < -0.39 is 17.7 Å². The van der Waals surface area contributed by atoms with E-state index in [9.17, 15) is 9.90 Å². The molecule has 0 amide bonds. The highest BCUT2D eigenvalue weighted by atomic mass is 16.5. The number of rotatable bonds is 5. The van der Waals surface area contributed by atoms with Crippen LogP contribution in [0.1, 0.15) is 43.7 Å². The highest BCUT2D eigenvalue weighted by Crippen LogP contribution is 2.34. The Hall–Kier alpha value is -2.59. The molecule has 136 valence electrons. The number of benzene rings is 2. The van der Waals surface area contributed by atoms with Gasteiger partial charge in [0.2, 0.25) is 0 Å². The van der Waals surface area contributed by atoms with Crippen molar-refractivity contribution >= 4 is 16.9 Å². The van der Waals surface area contributed by atoms with Crippen LogP contribution >= 0.6 is 0 Å². The Morgan fingerprint density at radius 3 is 2.31 bits per heavy atom. The van der Waals surface area contributed by atoms with Crippen LogP contribution in [0.5, 0.6) is 0 Å². The van der Waals surface area contributed by atoms with Crippen LogP contribution in [-0.4, -0.2) is 16.1 Å². The van der Waals surface area contributed by atoms with Crippen molar-refractivity contribution < 1.29 is 14.6 Å². The molecule has 0 N–H and O–H groups in total. The summed E-state index contributed by atoms with van der Waals surface area (Å²) in [6.07, 6.45) is -0.499. The molecule has 0 saturated carbocycles. The van der Waals surface area contributed by atoms with Gasteiger partial charge >= 0.3 is 0 Å². The molecule has 0 spiro atoms. The first-order valence-corrected chi connectivity index (χ1v) is 8.76. The average Bonchev–Trinajstić information content (AvgIpc) is 2.85. The number of para-hydroxylation sites is 1. The predicted molar refractivity (Wildman–Crippen MR) is 101 cm³/mol. The third-order valence-electron chi connectivity index (χ3n) is 4.42. The molecule has 1 atom stereocenters. The SMILES string of the molecule is Cn1c(C(OC(C)(C)C)C(=O)[O-])c(Cc2ccccc2)c2ccccc21. The number of ether oxygens (including phenoxy) is 1. The fraction of sp³-hybridized carbons (Fsp3) is 0.318. The van der Waals surface area contributed by atoms with Gasteiger partial charge in [-0.25, -0.2) is 0 Å². The summed E-state index contributed by atoms with van der Waals surface area (Å²) in [5.74, 6) is -1.22. The number of aromatic nitrogens is 1.